The molecule has 0 bridgehead atoms. The molecule has 2 amide bonds. The highest BCUT2D eigenvalue weighted by Crippen LogP contribution is 2.22. The highest BCUT2D eigenvalue weighted by atomic mass is 16.6. The zero-order valence-corrected chi connectivity index (χ0v) is 8.06. The van der Waals surface area contributed by atoms with Crippen LogP contribution in [0.1, 0.15) is 13.8 Å². The Balaban J connectivity index is 3.27. The molecule has 1 aromatic rings. The largest absolute Gasteiger partial charge is 0.612 e. The van der Waals surface area contributed by atoms with Crippen LogP contribution >= 0.6 is 0 Å². The quantitative estimate of drug-likeness (QED) is 0.502. The first-order valence-corrected chi connectivity index (χ1v) is 4.17. The summed E-state index contributed by atoms with van der Waals surface area (Å²) in [5.74, 6) is -1.47. The van der Waals surface area contributed by atoms with Gasteiger partial charge in [-0.15, -0.1) is 0 Å². The van der Waals surface area contributed by atoms with Crippen LogP contribution < -0.4 is 4.65 Å². The molecule has 0 spiro atoms. The van der Waals surface area contributed by atoms with Crippen molar-refractivity contribution in [3.8, 4) is 0 Å². The molecule has 0 heterocycles. The molecule has 74 valence electrons. The molecule has 0 unspecified atom stereocenters. The van der Waals surface area contributed by atoms with Crippen molar-refractivity contribution >= 4 is 17.5 Å². The van der Waals surface area contributed by atoms with Gasteiger partial charge in [0.25, 0.3) is 0 Å². The van der Waals surface area contributed by atoms with Gasteiger partial charge in [0, 0.05) is 12.1 Å². The molecular formula is C10H11NO3. The minimum atomic E-state index is -1.53. The number of hydrogen-bond donors (Lipinski definition) is 0. The molecule has 1 aromatic carbocycles. The summed E-state index contributed by atoms with van der Waals surface area (Å²) in [5.41, 5.74) is 0.146. The van der Waals surface area contributed by atoms with E-state index in [4.69, 9.17) is 0 Å². The molecule has 4 heteroatoms. The fourth-order valence-electron chi connectivity index (χ4n) is 1.22. The van der Waals surface area contributed by atoms with Crippen LogP contribution in [0.25, 0.3) is 0 Å². The number of amides is 2. The Morgan fingerprint density at radius 2 is 1.50 bits per heavy atom. The van der Waals surface area contributed by atoms with E-state index in [1.165, 1.54) is 12.1 Å². The van der Waals surface area contributed by atoms with Gasteiger partial charge in [0.15, 0.2) is 0 Å². The van der Waals surface area contributed by atoms with Crippen LogP contribution in [0.5, 0.6) is 0 Å². The average molecular weight is 193 g/mol. The zero-order chi connectivity index (χ0) is 10.8. The summed E-state index contributed by atoms with van der Waals surface area (Å²) in [6.45, 7) is 2.22. The van der Waals surface area contributed by atoms with Gasteiger partial charge in [0.1, 0.15) is 5.69 Å². The van der Waals surface area contributed by atoms with E-state index in [1.807, 2.05) is 0 Å². The number of para-hydroxylation sites is 1. The summed E-state index contributed by atoms with van der Waals surface area (Å²) in [6, 6.07) is 7.89. The Morgan fingerprint density at radius 1 is 1.07 bits per heavy atom. The SMILES string of the molecule is CC(=O)[N+]([O-])(C(C)=O)c1ccccc1. The second kappa shape index (κ2) is 3.69. The summed E-state index contributed by atoms with van der Waals surface area (Å²) >= 11 is 0. The van der Waals surface area contributed by atoms with Gasteiger partial charge in [-0.25, -0.2) is 14.2 Å². The minimum Gasteiger partial charge on any atom is -0.612 e. The molecule has 0 atom stereocenters. The molecule has 14 heavy (non-hydrogen) atoms. The standard InChI is InChI=1S/C10H11NO3/c1-8(12)11(14,9(2)13)10-6-4-3-5-7-10/h3-7H,1-2H3. The van der Waals surface area contributed by atoms with Crippen LogP contribution in [0.4, 0.5) is 5.69 Å². The van der Waals surface area contributed by atoms with Gasteiger partial charge in [-0.2, -0.15) is 0 Å². The van der Waals surface area contributed by atoms with E-state index in [-0.39, 0.29) is 5.69 Å². The number of hydrogen-bond acceptors (Lipinski definition) is 3. The summed E-state index contributed by atoms with van der Waals surface area (Å²) in [5, 5.41) is 11.9. The van der Waals surface area contributed by atoms with Crippen molar-refractivity contribution in [3.63, 3.8) is 0 Å². The van der Waals surface area contributed by atoms with E-state index < -0.39 is 16.5 Å². The van der Waals surface area contributed by atoms with E-state index in [9.17, 15) is 14.8 Å². The predicted octanol–water partition coefficient (Wildman–Crippen LogP) is 1.58. The maximum absolute atomic E-state index is 11.9. The van der Waals surface area contributed by atoms with E-state index in [0.29, 0.717) is 0 Å². The lowest BCUT2D eigenvalue weighted by Crippen LogP contribution is -2.51. The van der Waals surface area contributed by atoms with Crippen molar-refractivity contribution in [2.75, 3.05) is 0 Å². The summed E-state index contributed by atoms with van der Waals surface area (Å²) < 4.78 is -1.53. The second-order valence-electron chi connectivity index (χ2n) is 2.98. The van der Waals surface area contributed by atoms with Crippen molar-refractivity contribution in [3.05, 3.63) is 35.5 Å². The Hall–Kier alpha value is -1.52. The number of nitrogens with zero attached hydrogens (tertiary/aromatic N) is 1. The molecular weight excluding hydrogens is 182 g/mol. The molecule has 0 saturated carbocycles. The number of rotatable bonds is 1. The molecule has 0 radical (unpaired) electrons. The third-order valence-corrected chi connectivity index (χ3v) is 2.01. The van der Waals surface area contributed by atoms with Crippen molar-refractivity contribution in [1.82, 2.24) is 4.65 Å². The molecule has 0 aliphatic carbocycles. The number of quaternary nitrogens is 1. The lowest BCUT2D eigenvalue weighted by molar-refractivity contribution is -0.137. The fraction of sp³-hybridized carbons (Fsp3) is 0.200. The monoisotopic (exact) mass is 193 g/mol. The van der Waals surface area contributed by atoms with Crippen molar-refractivity contribution < 1.29 is 9.59 Å². The van der Waals surface area contributed by atoms with Crippen LogP contribution in [0.2, 0.25) is 0 Å². The number of benzene rings is 1. The zero-order valence-electron chi connectivity index (χ0n) is 8.06. The summed E-state index contributed by atoms with van der Waals surface area (Å²) in [4.78, 5) is 22.3. The van der Waals surface area contributed by atoms with Crippen molar-refractivity contribution in [1.29, 1.82) is 0 Å². The van der Waals surface area contributed by atoms with Gasteiger partial charge in [-0.1, -0.05) is 18.2 Å². The van der Waals surface area contributed by atoms with E-state index >= 15 is 0 Å². The van der Waals surface area contributed by atoms with Crippen LogP contribution in [0.3, 0.4) is 0 Å². The van der Waals surface area contributed by atoms with Gasteiger partial charge in [-0.3, -0.25) is 0 Å². The second-order valence-corrected chi connectivity index (χ2v) is 2.98. The van der Waals surface area contributed by atoms with Gasteiger partial charge in [-0.05, 0) is 0 Å². The van der Waals surface area contributed by atoms with Gasteiger partial charge in [0.05, 0.1) is 13.8 Å². The topological polar surface area (TPSA) is 57.2 Å². The summed E-state index contributed by atoms with van der Waals surface area (Å²) in [6.07, 6.45) is 0. The highest BCUT2D eigenvalue weighted by Gasteiger charge is 2.31. The third kappa shape index (κ3) is 1.57. The first-order chi connectivity index (χ1) is 6.49. The fourth-order valence-corrected chi connectivity index (χ4v) is 1.22. The molecule has 4 nitrogen and oxygen atoms in total. The Kier molecular flexibility index (Phi) is 2.78. The van der Waals surface area contributed by atoms with Crippen molar-refractivity contribution in [2.24, 2.45) is 0 Å². The average Bonchev–Trinajstić information content (AvgIpc) is 2.17. The smallest absolute Gasteiger partial charge is 0.323 e. The van der Waals surface area contributed by atoms with Gasteiger partial charge in [0.2, 0.25) is 0 Å². The van der Waals surface area contributed by atoms with Crippen molar-refractivity contribution in [2.45, 2.75) is 13.8 Å². The van der Waals surface area contributed by atoms with E-state index in [2.05, 4.69) is 0 Å². The normalized spacial score (nSPS) is 11.1. The Bertz CT molecular complexity index is 345. The first-order valence-electron chi connectivity index (χ1n) is 4.17. The number of hydroxylamine groups is 2. The lowest BCUT2D eigenvalue weighted by atomic mass is 10.2. The Labute approximate surface area is 81.9 Å². The van der Waals surface area contributed by atoms with Crippen LogP contribution in [0, 0.1) is 5.21 Å². The summed E-state index contributed by atoms with van der Waals surface area (Å²) in [7, 11) is 0. The molecule has 1 rings (SSSR count). The number of imide groups is 1. The van der Waals surface area contributed by atoms with E-state index in [0.717, 1.165) is 13.8 Å². The van der Waals surface area contributed by atoms with Gasteiger partial charge >= 0.3 is 11.8 Å². The van der Waals surface area contributed by atoms with Crippen LogP contribution in [-0.4, -0.2) is 11.8 Å². The molecule has 0 aliphatic heterocycles. The van der Waals surface area contributed by atoms with Gasteiger partial charge < -0.3 is 5.21 Å². The highest BCUT2D eigenvalue weighted by molar-refractivity contribution is 6.07. The predicted molar refractivity (Wildman–Crippen MR) is 53.0 cm³/mol. The molecule has 0 aromatic heterocycles. The maximum Gasteiger partial charge on any atom is 0.323 e. The third-order valence-electron chi connectivity index (χ3n) is 2.01. The first kappa shape index (κ1) is 10.6. The molecule has 0 fully saturated rings. The molecule has 0 aliphatic rings. The Morgan fingerprint density at radius 3 is 1.86 bits per heavy atom. The number of carbonyl (C=O) groups is 2. The maximum atomic E-state index is 11.9. The van der Waals surface area contributed by atoms with Crippen LogP contribution in [0.15, 0.2) is 30.3 Å². The van der Waals surface area contributed by atoms with E-state index in [1.54, 1.807) is 18.2 Å². The molecule has 0 N–H and O–H groups in total. The minimum absolute atomic E-state index is 0.146. The lowest BCUT2D eigenvalue weighted by Gasteiger charge is -2.34. The number of carbonyl (C=O) groups excluding carboxylic acids is 2. The molecule has 0 saturated heterocycles. The van der Waals surface area contributed by atoms with Crippen LogP contribution in [-0.2, 0) is 9.59 Å².